The molecule has 4 nitrogen and oxygen atoms in total. The SMILES string of the molecule is CCCOc1ccccc1OCc1cc(C(C)=O)ccc1OCC. The summed E-state index contributed by atoms with van der Waals surface area (Å²) in [7, 11) is 0. The molecule has 0 unspecified atom stereocenters. The number of hydrogen-bond donors (Lipinski definition) is 0. The van der Waals surface area contributed by atoms with Crippen LogP contribution in [-0.2, 0) is 6.61 Å². The van der Waals surface area contributed by atoms with Crippen LogP contribution in [0.2, 0.25) is 0 Å². The predicted octanol–water partition coefficient (Wildman–Crippen LogP) is 4.66. The van der Waals surface area contributed by atoms with E-state index in [0.29, 0.717) is 31.1 Å². The zero-order chi connectivity index (χ0) is 17.4. The number of para-hydroxylation sites is 2. The Morgan fingerprint density at radius 3 is 2.25 bits per heavy atom. The molecule has 0 aliphatic carbocycles. The van der Waals surface area contributed by atoms with Gasteiger partial charge < -0.3 is 14.2 Å². The highest BCUT2D eigenvalue weighted by atomic mass is 16.5. The molecule has 2 aromatic carbocycles. The van der Waals surface area contributed by atoms with Gasteiger partial charge >= 0.3 is 0 Å². The standard InChI is InChI=1S/C20H24O4/c1-4-12-23-19-8-6-7-9-20(19)24-14-17-13-16(15(3)21)10-11-18(17)22-5-2/h6-11,13H,4-5,12,14H2,1-3H3. The van der Waals surface area contributed by atoms with Gasteiger partial charge in [0.2, 0.25) is 0 Å². The molecular formula is C20H24O4. The highest BCUT2D eigenvalue weighted by Gasteiger charge is 2.10. The molecular weight excluding hydrogens is 304 g/mol. The van der Waals surface area contributed by atoms with Crippen molar-refractivity contribution in [2.45, 2.75) is 33.8 Å². The zero-order valence-electron chi connectivity index (χ0n) is 14.5. The highest BCUT2D eigenvalue weighted by Crippen LogP contribution is 2.29. The molecule has 128 valence electrons. The molecule has 0 radical (unpaired) electrons. The molecule has 0 heterocycles. The number of Topliss-reactive ketones (excluding diaryl/α,β-unsaturated/α-hetero) is 1. The molecule has 0 saturated heterocycles. The van der Waals surface area contributed by atoms with Crippen LogP contribution in [0.5, 0.6) is 17.2 Å². The van der Waals surface area contributed by atoms with Crippen molar-refractivity contribution in [3.05, 3.63) is 53.6 Å². The summed E-state index contributed by atoms with van der Waals surface area (Å²) in [6.07, 6.45) is 0.934. The molecule has 4 heteroatoms. The van der Waals surface area contributed by atoms with E-state index >= 15 is 0 Å². The molecule has 2 aromatic rings. The third-order valence-electron chi connectivity index (χ3n) is 3.46. The first-order valence-corrected chi connectivity index (χ1v) is 8.27. The third kappa shape index (κ3) is 4.75. The smallest absolute Gasteiger partial charge is 0.161 e. The van der Waals surface area contributed by atoms with E-state index in [1.54, 1.807) is 13.0 Å². The largest absolute Gasteiger partial charge is 0.493 e. The van der Waals surface area contributed by atoms with Crippen LogP contribution in [0.15, 0.2) is 42.5 Å². The molecule has 0 bridgehead atoms. The molecule has 0 spiro atoms. The van der Waals surface area contributed by atoms with E-state index < -0.39 is 0 Å². The number of ether oxygens (including phenoxy) is 3. The minimum Gasteiger partial charge on any atom is -0.493 e. The lowest BCUT2D eigenvalue weighted by Gasteiger charge is -2.15. The number of benzene rings is 2. The van der Waals surface area contributed by atoms with Gasteiger partial charge in [-0.05, 0) is 50.6 Å². The molecule has 0 N–H and O–H groups in total. The minimum atomic E-state index is 0.0194. The van der Waals surface area contributed by atoms with Crippen LogP contribution >= 0.6 is 0 Å². The maximum Gasteiger partial charge on any atom is 0.161 e. The number of carbonyl (C=O) groups excluding carboxylic acids is 1. The molecule has 0 aliphatic rings. The van der Waals surface area contributed by atoms with E-state index in [1.165, 1.54) is 0 Å². The minimum absolute atomic E-state index is 0.0194. The third-order valence-corrected chi connectivity index (χ3v) is 3.46. The molecule has 2 rings (SSSR count). The normalized spacial score (nSPS) is 10.3. The van der Waals surface area contributed by atoms with Gasteiger partial charge in [0.15, 0.2) is 17.3 Å². The summed E-state index contributed by atoms with van der Waals surface area (Å²) in [5.41, 5.74) is 1.49. The highest BCUT2D eigenvalue weighted by molar-refractivity contribution is 5.94. The van der Waals surface area contributed by atoms with Gasteiger partial charge in [0, 0.05) is 11.1 Å². The van der Waals surface area contributed by atoms with Gasteiger partial charge in [0.05, 0.1) is 13.2 Å². The Kier molecular flexibility index (Phi) is 6.67. The number of ketones is 1. The fraction of sp³-hybridized carbons (Fsp3) is 0.350. The number of carbonyl (C=O) groups is 1. The van der Waals surface area contributed by atoms with Crippen LogP contribution in [0.25, 0.3) is 0 Å². The van der Waals surface area contributed by atoms with Crippen LogP contribution < -0.4 is 14.2 Å². The van der Waals surface area contributed by atoms with E-state index in [2.05, 4.69) is 6.92 Å². The molecule has 0 aliphatic heterocycles. The van der Waals surface area contributed by atoms with Crippen molar-refractivity contribution in [3.63, 3.8) is 0 Å². The lowest BCUT2D eigenvalue weighted by Crippen LogP contribution is -2.05. The summed E-state index contributed by atoms with van der Waals surface area (Å²) in [6.45, 7) is 7.05. The summed E-state index contributed by atoms with van der Waals surface area (Å²) in [5.74, 6) is 2.15. The first-order chi connectivity index (χ1) is 11.7. The van der Waals surface area contributed by atoms with Crippen LogP contribution in [0.3, 0.4) is 0 Å². The second-order valence-electron chi connectivity index (χ2n) is 5.40. The van der Waals surface area contributed by atoms with E-state index in [-0.39, 0.29) is 5.78 Å². The van der Waals surface area contributed by atoms with Gasteiger partial charge in [-0.15, -0.1) is 0 Å². The Morgan fingerprint density at radius 2 is 1.62 bits per heavy atom. The molecule has 0 amide bonds. The van der Waals surface area contributed by atoms with Gasteiger partial charge in [0.25, 0.3) is 0 Å². The number of rotatable bonds is 9. The van der Waals surface area contributed by atoms with Crippen molar-refractivity contribution in [3.8, 4) is 17.2 Å². The summed E-state index contributed by atoms with van der Waals surface area (Å²) in [5, 5.41) is 0. The molecule has 0 fully saturated rings. The monoisotopic (exact) mass is 328 g/mol. The van der Waals surface area contributed by atoms with Gasteiger partial charge in [-0.25, -0.2) is 0 Å². The van der Waals surface area contributed by atoms with Crippen LogP contribution in [0.1, 0.15) is 43.1 Å². The first-order valence-electron chi connectivity index (χ1n) is 8.27. The molecule has 0 aromatic heterocycles. The maximum absolute atomic E-state index is 11.6. The van der Waals surface area contributed by atoms with Crippen molar-refractivity contribution in [1.29, 1.82) is 0 Å². The molecule has 0 atom stereocenters. The fourth-order valence-corrected chi connectivity index (χ4v) is 2.26. The topological polar surface area (TPSA) is 44.8 Å². The van der Waals surface area contributed by atoms with Crippen molar-refractivity contribution >= 4 is 5.78 Å². The van der Waals surface area contributed by atoms with Gasteiger partial charge in [-0.1, -0.05) is 19.1 Å². The summed E-state index contributed by atoms with van der Waals surface area (Å²) >= 11 is 0. The summed E-state index contributed by atoms with van der Waals surface area (Å²) in [6, 6.07) is 13.0. The molecule has 24 heavy (non-hydrogen) atoms. The quantitative estimate of drug-likeness (QED) is 0.628. The summed E-state index contributed by atoms with van der Waals surface area (Å²) < 4.78 is 17.3. The Bertz CT molecular complexity index is 679. The molecule has 0 saturated carbocycles. The second-order valence-corrected chi connectivity index (χ2v) is 5.40. The van der Waals surface area contributed by atoms with Gasteiger partial charge in [-0.2, -0.15) is 0 Å². The van der Waals surface area contributed by atoms with Crippen molar-refractivity contribution in [1.82, 2.24) is 0 Å². The zero-order valence-corrected chi connectivity index (χ0v) is 14.5. The average Bonchev–Trinajstić information content (AvgIpc) is 2.59. The van der Waals surface area contributed by atoms with E-state index in [1.807, 2.05) is 43.3 Å². The summed E-state index contributed by atoms with van der Waals surface area (Å²) in [4.78, 5) is 11.6. The average molecular weight is 328 g/mol. The van der Waals surface area contributed by atoms with Crippen molar-refractivity contribution in [2.75, 3.05) is 13.2 Å². The Balaban J connectivity index is 2.18. The van der Waals surface area contributed by atoms with Crippen LogP contribution in [0, 0.1) is 0 Å². The van der Waals surface area contributed by atoms with Gasteiger partial charge in [0.1, 0.15) is 12.4 Å². The Labute approximate surface area is 143 Å². The second kappa shape index (κ2) is 8.96. The lowest BCUT2D eigenvalue weighted by molar-refractivity contribution is 0.101. The van der Waals surface area contributed by atoms with Crippen LogP contribution in [0.4, 0.5) is 0 Å². The van der Waals surface area contributed by atoms with Crippen LogP contribution in [-0.4, -0.2) is 19.0 Å². The first kappa shape index (κ1) is 17.9. The van der Waals surface area contributed by atoms with Crippen molar-refractivity contribution in [2.24, 2.45) is 0 Å². The number of hydrogen-bond acceptors (Lipinski definition) is 4. The predicted molar refractivity (Wildman–Crippen MR) is 94.2 cm³/mol. The Morgan fingerprint density at radius 1 is 0.917 bits per heavy atom. The van der Waals surface area contributed by atoms with Gasteiger partial charge in [-0.3, -0.25) is 4.79 Å². The lowest BCUT2D eigenvalue weighted by atomic mass is 10.1. The maximum atomic E-state index is 11.6. The van der Waals surface area contributed by atoms with E-state index in [4.69, 9.17) is 14.2 Å². The van der Waals surface area contributed by atoms with E-state index in [0.717, 1.165) is 23.5 Å². The van der Waals surface area contributed by atoms with E-state index in [9.17, 15) is 4.79 Å². The van der Waals surface area contributed by atoms with Crippen molar-refractivity contribution < 1.29 is 19.0 Å². The Hall–Kier alpha value is -2.49. The fourth-order valence-electron chi connectivity index (χ4n) is 2.26.